The van der Waals surface area contributed by atoms with Crippen molar-refractivity contribution in [1.29, 1.82) is 0 Å². The van der Waals surface area contributed by atoms with E-state index in [4.69, 9.17) is 5.73 Å². The zero-order chi connectivity index (χ0) is 11.4. The fourth-order valence-corrected chi connectivity index (χ4v) is 1.93. The number of aryl methyl sites for hydroxylation is 1. The van der Waals surface area contributed by atoms with Crippen LogP contribution in [0.2, 0.25) is 0 Å². The third kappa shape index (κ3) is 3.61. The Morgan fingerprint density at radius 3 is 3.06 bits per heavy atom. The minimum absolute atomic E-state index is 0.0645. The Hall–Kier alpha value is -0.870. The Kier molecular flexibility index (Phi) is 3.96. The predicted octanol–water partition coefficient (Wildman–Crippen LogP) is 1.20. The minimum atomic E-state index is 0.0645. The molecule has 0 aliphatic heterocycles. The van der Waals surface area contributed by atoms with E-state index in [1.165, 1.54) is 25.7 Å². The van der Waals surface area contributed by atoms with E-state index < -0.39 is 0 Å². The standard InChI is InChI=1S/C12H22N4/c1-16-9-11(7-15-16)12(13)8-14-6-2-3-10-4-5-10/h7,9-10,12,14H,2-6,8,13H2,1H3. The highest BCUT2D eigenvalue weighted by molar-refractivity contribution is 5.09. The fraction of sp³-hybridized carbons (Fsp3) is 0.750. The first kappa shape index (κ1) is 11.6. The Labute approximate surface area is 97.2 Å². The molecule has 4 heteroatoms. The SMILES string of the molecule is Cn1cc(C(N)CNCCCC2CC2)cn1. The molecular weight excluding hydrogens is 200 g/mol. The van der Waals surface area contributed by atoms with Gasteiger partial charge in [0.15, 0.2) is 0 Å². The largest absolute Gasteiger partial charge is 0.323 e. The number of hydrogen-bond acceptors (Lipinski definition) is 3. The highest BCUT2D eigenvalue weighted by atomic mass is 15.2. The van der Waals surface area contributed by atoms with Gasteiger partial charge in [-0.2, -0.15) is 5.10 Å². The number of rotatable bonds is 7. The number of nitrogens with two attached hydrogens (primary N) is 1. The topological polar surface area (TPSA) is 55.9 Å². The summed E-state index contributed by atoms with van der Waals surface area (Å²) in [5.74, 6) is 1.04. The maximum atomic E-state index is 6.05. The first-order chi connectivity index (χ1) is 7.75. The van der Waals surface area contributed by atoms with Crippen molar-refractivity contribution in [3.63, 3.8) is 0 Å². The molecule has 1 fully saturated rings. The lowest BCUT2D eigenvalue weighted by atomic mass is 10.1. The van der Waals surface area contributed by atoms with Crippen LogP contribution < -0.4 is 11.1 Å². The lowest BCUT2D eigenvalue weighted by Gasteiger charge is -2.10. The number of nitrogens with one attached hydrogen (secondary N) is 1. The fourth-order valence-electron chi connectivity index (χ4n) is 1.93. The summed E-state index contributed by atoms with van der Waals surface area (Å²) in [5.41, 5.74) is 7.16. The van der Waals surface area contributed by atoms with Crippen LogP contribution in [-0.4, -0.2) is 22.9 Å². The van der Waals surface area contributed by atoms with Gasteiger partial charge in [-0.25, -0.2) is 0 Å². The highest BCUT2D eigenvalue weighted by Crippen LogP contribution is 2.33. The molecule has 1 aliphatic rings. The van der Waals surface area contributed by atoms with Crippen molar-refractivity contribution in [3.05, 3.63) is 18.0 Å². The predicted molar refractivity (Wildman–Crippen MR) is 65.0 cm³/mol. The van der Waals surface area contributed by atoms with Crippen LogP contribution >= 0.6 is 0 Å². The molecule has 0 bridgehead atoms. The van der Waals surface area contributed by atoms with Gasteiger partial charge in [0.1, 0.15) is 0 Å². The first-order valence-electron chi connectivity index (χ1n) is 6.20. The summed E-state index contributed by atoms with van der Waals surface area (Å²) >= 11 is 0. The molecule has 1 atom stereocenters. The molecule has 2 rings (SSSR count). The van der Waals surface area contributed by atoms with Gasteiger partial charge in [-0.3, -0.25) is 4.68 Å². The Bertz CT molecular complexity index is 317. The zero-order valence-electron chi connectivity index (χ0n) is 10.0. The van der Waals surface area contributed by atoms with E-state index in [0.29, 0.717) is 0 Å². The molecule has 1 aromatic rings. The Balaban J connectivity index is 1.57. The van der Waals surface area contributed by atoms with Crippen LogP contribution in [-0.2, 0) is 7.05 Å². The van der Waals surface area contributed by atoms with E-state index >= 15 is 0 Å². The van der Waals surface area contributed by atoms with Crippen LogP contribution in [0.4, 0.5) is 0 Å². The zero-order valence-corrected chi connectivity index (χ0v) is 10.0. The van der Waals surface area contributed by atoms with Crippen molar-refractivity contribution in [2.24, 2.45) is 18.7 Å². The molecule has 1 heterocycles. The van der Waals surface area contributed by atoms with Crippen LogP contribution in [0, 0.1) is 5.92 Å². The van der Waals surface area contributed by atoms with Crippen LogP contribution in [0.15, 0.2) is 12.4 Å². The van der Waals surface area contributed by atoms with E-state index in [1.54, 1.807) is 4.68 Å². The molecule has 1 aromatic heterocycles. The van der Waals surface area contributed by atoms with Crippen molar-refractivity contribution < 1.29 is 0 Å². The van der Waals surface area contributed by atoms with Crippen molar-refractivity contribution in [2.75, 3.05) is 13.1 Å². The molecule has 0 saturated heterocycles. The third-order valence-corrected chi connectivity index (χ3v) is 3.18. The van der Waals surface area contributed by atoms with E-state index in [-0.39, 0.29) is 6.04 Å². The molecule has 16 heavy (non-hydrogen) atoms. The van der Waals surface area contributed by atoms with Crippen molar-refractivity contribution in [3.8, 4) is 0 Å². The second kappa shape index (κ2) is 5.46. The smallest absolute Gasteiger partial charge is 0.0537 e. The monoisotopic (exact) mass is 222 g/mol. The Morgan fingerprint density at radius 1 is 1.62 bits per heavy atom. The van der Waals surface area contributed by atoms with Crippen molar-refractivity contribution in [2.45, 2.75) is 31.7 Å². The second-order valence-corrected chi connectivity index (χ2v) is 4.84. The Morgan fingerprint density at radius 2 is 2.44 bits per heavy atom. The lowest BCUT2D eigenvalue weighted by molar-refractivity contribution is 0.556. The van der Waals surface area contributed by atoms with Gasteiger partial charge in [0, 0.05) is 31.4 Å². The third-order valence-electron chi connectivity index (χ3n) is 3.18. The van der Waals surface area contributed by atoms with Gasteiger partial charge in [-0.05, 0) is 25.3 Å². The van der Waals surface area contributed by atoms with Crippen molar-refractivity contribution in [1.82, 2.24) is 15.1 Å². The number of aromatic nitrogens is 2. The van der Waals surface area contributed by atoms with Gasteiger partial charge < -0.3 is 11.1 Å². The molecular formula is C12H22N4. The highest BCUT2D eigenvalue weighted by Gasteiger charge is 2.19. The summed E-state index contributed by atoms with van der Waals surface area (Å²) in [6, 6.07) is 0.0645. The van der Waals surface area contributed by atoms with Gasteiger partial charge in [0.2, 0.25) is 0 Å². The summed E-state index contributed by atoms with van der Waals surface area (Å²) in [6.07, 6.45) is 9.40. The van der Waals surface area contributed by atoms with Gasteiger partial charge >= 0.3 is 0 Å². The van der Waals surface area contributed by atoms with E-state index in [1.807, 2.05) is 19.4 Å². The van der Waals surface area contributed by atoms with Crippen LogP contribution in [0.3, 0.4) is 0 Å². The van der Waals surface area contributed by atoms with Gasteiger partial charge in [-0.15, -0.1) is 0 Å². The maximum Gasteiger partial charge on any atom is 0.0537 e. The minimum Gasteiger partial charge on any atom is -0.323 e. The molecule has 1 saturated carbocycles. The van der Waals surface area contributed by atoms with Gasteiger partial charge in [-0.1, -0.05) is 12.8 Å². The maximum absolute atomic E-state index is 6.05. The van der Waals surface area contributed by atoms with E-state index in [2.05, 4.69) is 10.4 Å². The van der Waals surface area contributed by atoms with Gasteiger partial charge in [0.25, 0.3) is 0 Å². The molecule has 0 amide bonds. The summed E-state index contributed by atoms with van der Waals surface area (Å²) in [4.78, 5) is 0. The molecule has 90 valence electrons. The van der Waals surface area contributed by atoms with E-state index in [9.17, 15) is 0 Å². The average molecular weight is 222 g/mol. The normalized spacial score (nSPS) is 17.6. The molecule has 0 aromatic carbocycles. The van der Waals surface area contributed by atoms with Crippen LogP contribution in [0.5, 0.6) is 0 Å². The van der Waals surface area contributed by atoms with Gasteiger partial charge in [0.05, 0.1) is 6.20 Å². The number of hydrogen-bond donors (Lipinski definition) is 2. The van der Waals surface area contributed by atoms with E-state index in [0.717, 1.165) is 24.6 Å². The second-order valence-electron chi connectivity index (χ2n) is 4.84. The molecule has 3 N–H and O–H groups in total. The van der Waals surface area contributed by atoms with Crippen molar-refractivity contribution >= 4 is 0 Å². The quantitative estimate of drug-likeness (QED) is 0.682. The summed E-state index contributed by atoms with van der Waals surface area (Å²) < 4.78 is 1.79. The number of nitrogens with zero attached hydrogens (tertiary/aromatic N) is 2. The molecule has 4 nitrogen and oxygen atoms in total. The molecule has 0 spiro atoms. The summed E-state index contributed by atoms with van der Waals surface area (Å²) in [6.45, 7) is 1.93. The first-order valence-corrected chi connectivity index (χ1v) is 6.20. The van der Waals surface area contributed by atoms with Crippen LogP contribution in [0.1, 0.15) is 37.3 Å². The van der Waals surface area contributed by atoms with Crippen LogP contribution in [0.25, 0.3) is 0 Å². The summed E-state index contributed by atoms with van der Waals surface area (Å²) in [5, 5.41) is 7.54. The molecule has 0 radical (unpaired) electrons. The average Bonchev–Trinajstić information content (AvgIpc) is 2.99. The molecule has 1 aliphatic carbocycles. The molecule has 1 unspecified atom stereocenters. The summed E-state index contributed by atoms with van der Waals surface area (Å²) in [7, 11) is 1.92. The lowest BCUT2D eigenvalue weighted by Crippen LogP contribution is -2.27.